The zero-order valence-corrected chi connectivity index (χ0v) is 13.6. The predicted molar refractivity (Wildman–Crippen MR) is 84.6 cm³/mol. The monoisotopic (exact) mass is 333 g/mol. The number of benzene rings is 1. The van der Waals surface area contributed by atoms with Crippen LogP contribution in [-0.4, -0.2) is 65.3 Å². The zero-order chi connectivity index (χ0) is 17.3. The maximum atomic E-state index is 13.6. The molecule has 0 saturated carbocycles. The highest BCUT2D eigenvalue weighted by molar-refractivity contribution is 6.01. The van der Waals surface area contributed by atoms with Gasteiger partial charge in [-0.2, -0.15) is 0 Å². The molecule has 2 saturated heterocycles. The third-order valence-corrected chi connectivity index (χ3v) is 4.77. The number of piperidine rings is 1. The minimum atomic E-state index is -0.370. The van der Waals surface area contributed by atoms with Gasteiger partial charge in [0.2, 0.25) is 11.8 Å². The van der Waals surface area contributed by atoms with E-state index in [1.54, 1.807) is 28.0 Å². The molecule has 0 radical (unpaired) electrons. The van der Waals surface area contributed by atoms with Crippen LogP contribution in [0, 0.1) is 5.82 Å². The Labute approximate surface area is 139 Å². The summed E-state index contributed by atoms with van der Waals surface area (Å²) in [4.78, 5) is 40.4. The first-order valence-electron chi connectivity index (χ1n) is 8.05. The molecule has 0 unspecified atom stereocenters. The molecule has 6 nitrogen and oxygen atoms in total. The second-order valence-corrected chi connectivity index (χ2v) is 6.24. The summed E-state index contributed by atoms with van der Waals surface area (Å²) in [7, 11) is 1.48. The van der Waals surface area contributed by atoms with Crippen molar-refractivity contribution in [2.24, 2.45) is 0 Å². The first-order valence-corrected chi connectivity index (χ1v) is 8.05. The number of likely N-dealkylation sites (tertiary alicyclic amines) is 1. The molecule has 0 aliphatic carbocycles. The van der Waals surface area contributed by atoms with Crippen LogP contribution in [0.3, 0.4) is 0 Å². The maximum Gasteiger partial charge on any atom is 0.327 e. The van der Waals surface area contributed by atoms with E-state index in [0.29, 0.717) is 31.5 Å². The number of halogens is 1. The number of hydrogen-bond donors (Lipinski definition) is 0. The number of likely N-dealkylation sites (N-methyl/N-ethyl adjacent to an activating group) is 1. The highest BCUT2D eigenvalue weighted by Gasteiger charge is 2.39. The highest BCUT2D eigenvalue weighted by atomic mass is 19.1. The van der Waals surface area contributed by atoms with Gasteiger partial charge in [-0.05, 0) is 24.5 Å². The van der Waals surface area contributed by atoms with E-state index in [0.717, 1.165) is 4.90 Å². The number of carbonyl (C=O) groups is 3. The summed E-state index contributed by atoms with van der Waals surface area (Å²) in [6.45, 7) is 1.14. The fourth-order valence-corrected chi connectivity index (χ4v) is 3.25. The predicted octanol–water partition coefficient (Wildman–Crippen LogP) is 1.25. The van der Waals surface area contributed by atoms with Crippen molar-refractivity contribution in [3.8, 4) is 0 Å². The molecule has 0 bridgehead atoms. The Morgan fingerprint density at radius 1 is 1.21 bits per heavy atom. The molecule has 4 amide bonds. The van der Waals surface area contributed by atoms with Gasteiger partial charge in [0.25, 0.3) is 0 Å². The molecule has 0 spiro atoms. The minimum absolute atomic E-state index is 0.0242. The van der Waals surface area contributed by atoms with Crippen LogP contribution < -0.4 is 0 Å². The molecule has 2 aliphatic heterocycles. The fraction of sp³-hybridized carbons (Fsp3) is 0.471. The van der Waals surface area contributed by atoms with Gasteiger partial charge in [0.15, 0.2) is 0 Å². The summed E-state index contributed by atoms with van der Waals surface area (Å²) >= 11 is 0. The van der Waals surface area contributed by atoms with Crippen LogP contribution in [-0.2, 0) is 16.0 Å². The van der Waals surface area contributed by atoms with Crippen molar-refractivity contribution in [2.75, 3.05) is 26.7 Å². The van der Waals surface area contributed by atoms with Crippen molar-refractivity contribution in [2.45, 2.75) is 25.3 Å². The van der Waals surface area contributed by atoms with Gasteiger partial charge in [-0.3, -0.25) is 14.5 Å². The average Bonchev–Trinajstić information content (AvgIpc) is 2.84. The summed E-state index contributed by atoms with van der Waals surface area (Å²) in [5.74, 6) is -0.678. The van der Waals surface area contributed by atoms with Gasteiger partial charge in [0.1, 0.15) is 12.4 Å². The lowest BCUT2D eigenvalue weighted by Gasteiger charge is -2.36. The van der Waals surface area contributed by atoms with Crippen LogP contribution in [0.5, 0.6) is 0 Å². The molecule has 1 aromatic rings. The third kappa shape index (κ3) is 3.11. The van der Waals surface area contributed by atoms with Gasteiger partial charge in [-0.15, -0.1) is 0 Å². The van der Waals surface area contributed by atoms with E-state index in [-0.39, 0.29) is 42.7 Å². The molecule has 7 heteroatoms. The van der Waals surface area contributed by atoms with E-state index in [9.17, 15) is 18.8 Å². The Bertz CT molecular complexity index is 671. The lowest BCUT2D eigenvalue weighted by Crippen LogP contribution is -2.48. The first kappa shape index (κ1) is 16.4. The van der Waals surface area contributed by atoms with Gasteiger partial charge >= 0.3 is 6.03 Å². The molecular formula is C17H20FN3O3. The highest BCUT2D eigenvalue weighted by Crippen LogP contribution is 2.22. The molecule has 2 heterocycles. The Hall–Kier alpha value is -2.44. The topological polar surface area (TPSA) is 60.9 Å². The van der Waals surface area contributed by atoms with E-state index in [4.69, 9.17) is 0 Å². The van der Waals surface area contributed by atoms with Gasteiger partial charge in [-0.1, -0.05) is 18.2 Å². The van der Waals surface area contributed by atoms with Crippen LogP contribution in [0.2, 0.25) is 0 Å². The first-order chi connectivity index (χ1) is 11.5. The quantitative estimate of drug-likeness (QED) is 0.782. The second kappa shape index (κ2) is 6.59. The fourth-order valence-electron chi connectivity index (χ4n) is 3.25. The number of carbonyl (C=O) groups excluding carboxylic acids is 3. The Morgan fingerprint density at radius 2 is 1.88 bits per heavy atom. The van der Waals surface area contributed by atoms with E-state index >= 15 is 0 Å². The van der Waals surface area contributed by atoms with Crippen molar-refractivity contribution in [1.82, 2.24) is 14.7 Å². The SMILES string of the molecule is CN1C(=O)CN(C2CCN(C(=O)Cc3ccccc3F)CC2)C1=O. The standard InChI is InChI=1S/C17H20FN3O3/c1-19-16(23)11-21(17(19)24)13-6-8-20(9-7-13)15(22)10-12-4-2-3-5-14(12)18/h2-5,13H,6-11H2,1H3. The molecule has 24 heavy (non-hydrogen) atoms. The van der Waals surface area contributed by atoms with Crippen molar-refractivity contribution in [3.05, 3.63) is 35.6 Å². The lowest BCUT2D eigenvalue weighted by molar-refractivity contribution is -0.132. The van der Waals surface area contributed by atoms with E-state index in [2.05, 4.69) is 0 Å². The molecular weight excluding hydrogens is 313 g/mol. The number of amides is 4. The number of hydrogen-bond acceptors (Lipinski definition) is 3. The molecule has 1 aromatic carbocycles. The van der Waals surface area contributed by atoms with Gasteiger partial charge in [0.05, 0.1) is 6.42 Å². The van der Waals surface area contributed by atoms with E-state index in [1.165, 1.54) is 13.1 Å². The van der Waals surface area contributed by atoms with Crippen molar-refractivity contribution in [1.29, 1.82) is 0 Å². The maximum absolute atomic E-state index is 13.6. The van der Waals surface area contributed by atoms with Gasteiger partial charge in [0, 0.05) is 26.2 Å². The van der Waals surface area contributed by atoms with Crippen LogP contribution in [0.4, 0.5) is 9.18 Å². The number of imide groups is 1. The molecule has 2 fully saturated rings. The summed E-state index contributed by atoms with van der Waals surface area (Å²) in [5, 5.41) is 0. The van der Waals surface area contributed by atoms with Crippen LogP contribution >= 0.6 is 0 Å². The molecule has 0 atom stereocenters. The minimum Gasteiger partial charge on any atom is -0.342 e. The second-order valence-electron chi connectivity index (χ2n) is 6.24. The normalized spacial score (nSPS) is 19.3. The molecule has 3 rings (SSSR count). The van der Waals surface area contributed by atoms with Crippen molar-refractivity contribution >= 4 is 17.8 Å². The Balaban J connectivity index is 1.55. The number of nitrogens with zero attached hydrogens (tertiary/aromatic N) is 3. The van der Waals surface area contributed by atoms with Crippen molar-refractivity contribution in [3.63, 3.8) is 0 Å². The summed E-state index contributed by atoms with van der Waals surface area (Å²) in [5.41, 5.74) is 0.395. The van der Waals surface area contributed by atoms with Gasteiger partial charge in [-0.25, -0.2) is 9.18 Å². The van der Waals surface area contributed by atoms with Crippen molar-refractivity contribution < 1.29 is 18.8 Å². The molecule has 0 N–H and O–H groups in total. The van der Waals surface area contributed by atoms with E-state index < -0.39 is 0 Å². The van der Waals surface area contributed by atoms with Gasteiger partial charge < -0.3 is 9.80 Å². The number of rotatable bonds is 3. The van der Waals surface area contributed by atoms with Crippen LogP contribution in [0.25, 0.3) is 0 Å². The summed E-state index contributed by atoms with van der Waals surface area (Å²) in [6, 6.07) is 5.98. The Morgan fingerprint density at radius 3 is 2.46 bits per heavy atom. The summed E-state index contributed by atoms with van der Waals surface area (Å²) in [6.07, 6.45) is 1.31. The van der Waals surface area contributed by atoms with E-state index in [1.807, 2.05) is 0 Å². The largest absolute Gasteiger partial charge is 0.342 e. The van der Waals surface area contributed by atoms with Crippen LogP contribution in [0.15, 0.2) is 24.3 Å². The third-order valence-electron chi connectivity index (χ3n) is 4.77. The molecule has 0 aromatic heterocycles. The number of urea groups is 1. The Kier molecular flexibility index (Phi) is 4.51. The molecule has 2 aliphatic rings. The molecule has 128 valence electrons. The smallest absolute Gasteiger partial charge is 0.327 e. The average molecular weight is 333 g/mol. The zero-order valence-electron chi connectivity index (χ0n) is 13.6. The van der Waals surface area contributed by atoms with Crippen LogP contribution in [0.1, 0.15) is 18.4 Å². The summed E-state index contributed by atoms with van der Waals surface area (Å²) < 4.78 is 13.6. The lowest BCUT2D eigenvalue weighted by atomic mass is 10.0.